The maximum atomic E-state index is 14.4. The predicted molar refractivity (Wildman–Crippen MR) is 184 cm³/mol. The molecule has 3 aromatic rings. The van der Waals surface area contributed by atoms with Crippen molar-refractivity contribution in [3.8, 4) is 17.0 Å². The minimum absolute atomic E-state index is 0.0181. The summed E-state index contributed by atoms with van der Waals surface area (Å²) in [6, 6.07) is 11.8. The zero-order chi connectivity index (χ0) is 33.1. The largest absolute Gasteiger partial charge is 0.497 e. The first kappa shape index (κ1) is 32.2. The number of aromatic nitrogens is 1. The van der Waals surface area contributed by atoms with E-state index in [2.05, 4.69) is 26.7 Å². The van der Waals surface area contributed by atoms with Crippen molar-refractivity contribution in [2.24, 2.45) is 11.1 Å². The van der Waals surface area contributed by atoms with Crippen molar-refractivity contribution in [3.05, 3.63) is 53.1 Å². The molecule has 9 nitrogen and oxygen atoms in total. The van der Waals surface area contributed by atoms with Crippen LogP contribution in [-0.2, 0) is 21.4 Å². The van der Waals surface area contributed by atoms with Crippen LogP contribution in [0.25, 0.3) is 22.2 Å². The highest BCUT2D eigenvalue weighted by molar-refractivity contribution is 7.90. The van der Waals surface area contributed by atoms with Crippen LogP contribution in [0, 0.1) is 5.41 Å². The number of nitrogens with one attached hydrogen (secondary N) is 2. The van der Waals surface area contributed by atoms with E-state index in [-0.39, 0.29) is 22.9 Å². The fraction of sp³-hybridized carbons (Fsp3) is 0.568. The highest BCUT2D eigenvalue weighted by Crippen LogP contribution is 2.65. The van der Waals surface area contributed by atoms with Gasteiger partial charge in [-0.3, -0.25) is 9.59 Å². The number of methoxy groups -OCH3 is 1. The number of nitrogens with two attached hydrogens (primary N) is 1. The number of hydrogen-bond donors (Lipinski definition) is 3. The van der Waals surface area contributed by atoms with Crippen LogP contribution in [-0.4, -0.2) is 49.2 Å². The molecule has 3 saturated carbocycles. The van der Waals surface area contributed by atoms with Gasteiger partial charge in [-0.05, 0) is 93.3 Å². The summed E-state index contributed by atoms with van der Waals surface area (Å²) in [5.41, 5.74) is 11.5. The Morgan fingerprint density at radius 3 is 2.45 bits per heavy atom. The molecule has 0 bridgehead atoms. The Morgan fingerprint density at radius 1 is 1.02 bits per heavy atom. The van der Waals surface area contributed by atoms with E-state index in [1.807, 2.05) is 18.2 Å². The molecule has 1 aliphatic heterocycles. The van der Waals surface area contributed by atoms with Gasteiger partial charge in [0.2, 0.25) is 15.9 Å². The van der Waals surface area contributed by atoms with Crippen molar-refractivity contribution in [3.63, 3.8) is 0 Å². The molecule has 2 unspecified atom stereocenters. The molecule has 252 valence electrons. The van der Waals surface area contributed by atoms with Crippen LogP contribution in [0.2, 0.25) is 0 Å². The third kappa shape index (κ3) is 5.65. The molecule has 4 N–H and O–H groups in total. The minimum Gasteiger partial charge on any atom is -0.497 e. The molecular weight excluding hydrogens is 612 g/mol. The van der Waals surface area contributed by atoms with E-state index in [4.69, 9.17) is 10.5 Å². The zero-order valence-electron chi connectivity index (χ0n) is 27.9. The van der Waals surface area contributed by atoms with E-state index in [1.54, 1.807) is 27.0 Å². The molecule has 4 aliphatic rings. The van der Waals surface area contributed by atoms with Crippen LogP contribution in [0.15, 0.2) is 36.4 Å². The smallest absolute Gasteiger partial charge is 0.264 e. The van der Waals surface area contributed by atoms with Gasteiger partial charge >= 0.3 is 0 Å². The second-order valence-corrected chi connectivity index (χ2v) is 17.1. The molecule has 0 radical (unpaired) electrons. The Labute approximate surface area is 278 Å². The summed E-state index contributed by atoms with van der Waals surface area (Å²) in [5.74, 6) is 0.511. The summed E-state index contributed by atoms with van der Waals surface area (Å²) >= 11 is 0. The Morgan fingerprint density at radius 2 is 1.74 bits per heavy atom. The Bertz CT molecular complexity index is 1830. The van der Waals surface area contributed by atoms with E-state index < -0.39 is 26.6 Å². The maximum Gasteiger partial charge on any atom is 0.264 e. The summed E-state index contributed by atoms with van der Waals surface area (Å²) < 4.78 is 35.5. The van der Waals surface area contributed by atoms with Crippen molar-refractivity contribution in [1.82, 2.24) is 14.6 Å². The molecule has 3 aliphatic carbocycles. The van der Waals surface area contributed by atoms with Gasteiger partial charge in [0, 0.05) is 46.6 Å². The van der Waals surface area contributed by atoms with Gasteiger partial charge in [-0.25, -0.2) is 13.1 Å². The number of amides is 2. The Kier molecular flexibility index (Phi) is 8.18. The second kappa shape index (κ2) is 11.9. The van der Waals surface area contributed by atoms with Gasteiger partial charge in [0.1, 0.15) is 5.75 Å². The number of benzene rings is 2. The number of fused-ring (bicyclic) bond motifs is 7. The van der Waals surface area contributed by atoms with Crippen LogP contribution in [0.5, 0.6) is 5.75 Å². The summed E-state index contributed by atoms with van der Waals surface area (Å²) in [5, 5.41) is 3.63. The van der Waals surface area contributed by atoms with Crippen LogP contribution in [0.4, 0.5) is 0 Å². The fourth-order valence-electron chi connectivity index (χ4n) is 8.61. The lowest BCUT2D eigenvalue weighted by Gasteiger charge is -2.34. The molecule has 2 atom stereocenters. The highest BCUT2D eigenvalue weighted by Gasteiger charge is 2.63. The van der Waals surface area contributed by atoms with Gasteiger partial charge in [-0.1, -0.05) is 44.6 Å². The molecule has 1 aromatic heterocycles. The monoisotopic (exact) mass is 660 g/mol. The number of sulfonamides is 1. The summed E-state index contributed by atoms with van der Waals surface area (Å²) in [4.78, 5) is 27.7. The SMILES string of the molecule is COc1ccc2c(c1)C1CC1(C(=O)NCC1(N)CCCCC1)Cn1c-2c(C2CCCCC2)c2ccc(C(=O)NS(=O)(=O)C(C)C)cc21. The zero-order valence-corrected chi connectivity index (χ0v) is 28.7. The quantitative estimate of drug-likeness (QED) is 0.268. The topological polar surface area (TPSA) is 133 Å². The number of ether oxygens (including phenoxy) is 1. The molecule has 47 heavy (non-hydrogen) atoms. The number of carbonyl (C=O) groups is 2. The van der Waals surface area contributed by atoms with E-state index in [0.717, 1.165) is 84.8 Å². The van der Waals surface area contributed by atoms with Gasteiger partial charge in [0.25, 0.3) is 5.91 Å². The molecule has 10 heteroatoms. The van der Waals surface area contributed by atoms with Gasteiger partial charge in [0.05, 0.1) is 23.5 Å². The molecule has 2 heterocycles. The maximum absolute atomic E-state index is 14.4. The standard InChI is InChI=1S/C37H48N4O5S/c1-23(2)47(44,45)40-34(42)25-12-14-28-31(18-25)41-22-37(35(43)39-21-36(38)16-8-5-9-17-36)20-30(37)29-19-26(46-3)13-15-27(29)33(41)32(28)24-10-6-4-7-11-24/h12-15,18-19,23-24,30H,4-11,16-17,20-22,38H2,1-3H3,(H,39,43)(H,40,42). The third-order valence-corrected chi connectivity index (χ3v) is 13.3. The van der Waals surface area contributed by atoms with E-state index in [1.165, 1.54) is 18.4 Å². The average molecular weight is 661 g/mol. The van der Waals surface area contributed by atoms with Crippen molar-refractivity contribution in [2.45, 2.75) is 114 Å². The number of hydrogen-bond acceptors (Lipinski definition) is 6. The fourth-order valence-corrected chi connectivity index (χ4v) is 9.22. The van der Waals surface area contributed by atoms with Gasteiger partial charge in [-0.15, -0.1) is 0 Å². The number of nitrogens with zero attached hydrogens (tertiary/aromatic N) is 1. The lowest BCUT2D eigenvalue weighted by molar-refractivity contribution is -0.127. The molecule has 0 spiro atoms. The minimum atomic E-state index is -3.81. The molecule has 0 saturated heterocycles. The second-order valence-electron chi connectivity index (χ2n) is 14.9. The number of carbonyl (C=O) groups excluding carboxylic acids is 2. The van der Waals surface area contributed by atoms with Crippen molar-refractivity contribution in [1.29, 1.82) is 0 Å². The Balaban J connectivity index is 1.37. The van der Waals surface area contributed by atoms with Crippen LogP contribution >= 0.6 is 0 Å². The van der Waals surface area contributed by atoms with Crippen LogP contribution < -0.4 is 20.5 Å². The van der Waals surface area contributed by atoms with E-state index >= 15 is 0 Å². The molecule has 2 amide bonds. The van der Waals surface area contributed by atoms with Crippen molar-refractivity contribution < 1.29 is 22.7 Å². The Hall–Kier alpha value is -3.37. The van der Waals surface area contributed by atoms with Gasteiger partial charge in [-0.2, -0.15) is 0 Å². The normalized spacial score (nSPS) is 23.7. The molecule has 2 aromatic carbocycles. The lowest BCUT2D eigenvalue weighted by Crippen LogP contribution is -2.52. The molecular formula is C37H48N4O5S. The third-order valence-electron chi connectivity index (χ3n) is 11.5. The first-order chi connectivity index (χ1) is 22.5. The molecule has 3 fully saturated rings. The summed E-state index contributed by atoms with van der Waals surface area (Å²) in [7, 11) is -2.13. The predicted octanol–water partition coefficient (Wildman–Crippen LogP) is 6.10. The van der Waals surface area contributed by atoms with Crippen LogP contribution in [0.1, 0.15) is 118 Å². The van der Waals surface area contributed by atoms with E-state index in [0.29, 0.717) is 25.4 Å². The van der Waals surface area contributed by atoms with Gasteiger partial charge in [0.15, 0.2) is 0 Å². The summed E-state index contributed by atoms with van der Waals surface area (Å²) in [6.07, 6.45) is 11.6. The number of rotatable bonds is 8. The molecule has 7 rings (SSSR count). The highest BCUT2D eigenvalue weighted by atomic mass is 32.2. The van der Waals surface area contributed by atoms with Gasteiger partial charge < -0.3 is 20.4 Å². The van der Waals surface area contributed by atoms with Crippen LogP contribution in [0.3, 0.4) is 0 Å². The summed E-state index contributed by atoms with van der Waals surface area (Å²) in [6.45, 7) is 4.02. The first-order valence-electron chi connectivity index (χ1n) is 17.4. The van der Waals surface area contributed by atoms with Crippen molar-refractivity contribution >= 4 is 32.7 Å². The average Bonchev–Trinajstić information content (AvgIpc) is 3.74. The van der Waals surface area contributed by atoms with Crippen molar-refractivity contribution in [2.75, 3.05) is 13.7 Å². The van der Waals surface area contributed by atoms with E-state index in [9.17, 15) is 18.0 Å². The lowest BCUT2D eigenvalue weighted by atomic mass is 9.81. The first-order valence-corrected chi connectivity index (χ1v) is 19.0.